The quantitative estimate of drug-likeness (QED) is 0.238. The van der Waals surface area contributed by atoms with Crippen LogP contribution >= 0.6 is 0 Å². The Kier molecular flexibility index (Phi) is 5.90. The second kappa shape index (κ2) is 9.16. The van der Waals surface area contributed by atoms with Crippen molar-refractivity contribution in [2.24, 2.45) is 0 Å². The molecule has 3 nitrogen and oxygen atoms in total. The zero-order chi connectivity index (χ0) is 26.5. The van der Waals surface area contributed by atoms with Crippen LogP contribution in [0.15, 0.2) is 108 Å². The van der Waals surface area contributed by atoms with Crippen molar-refractivity contribution >= 4 is 45.7 Å². The second-order valence-electron chi connectivity index (χ2n) is 11.0. The molecule has 5 aromatic carbocycles. The van der Waals surface area contributed by atoms with E-state index in [2.05, 4.69) is 84.9 Å². The molecule has 4 heteroatoms. The highest BCUT2D eigenvalue weighted by Gasteiger charge is 2.36. The van der Waals surface area contributed by atoms with Gasteiger partial charge in [0.05, 0.1) is 11.2 Å². The maximum Gasteiger partial charge on any atom is 0.334 e. The Morgan fingerprint density at radius 3 is 1.97 bits per heavy atom. The molecule has 187 valence electrons. The molecule has 0 spiro atoms. The zero-order valence-corrected chi connectivity index (χ0v) is 22.2. The molecule has 0 aliphatic heterocycles. The van der Waals surface area contributed by atoms with Gasteiger partial charge in [0.2, 0.25) is 0 Å². The van der Waals surface area contributed by atoms with Crippen molar-refractivity contribution in [2.45, 2.75) is 38.9 Å². The molecule has 0 saturated carbocycles. The van der Waals surface area contributed by atoms with E-state index < -0.39 is 11.2 Å². The van der Waals surface area contributed by atoms with E-state index in [9.17, 15) is 5.11 Å². The maximum absolute atomic E-state index is 10.6. The first kappa shape index (κ1) is 24.5. The summed E-state index contributed by atoms with van der Waals surface area (Å²) in [5.41, 5.74) is 5.24. The molecule has 0 unspecified atom stereocenters. The van der Waals surface area contributed by atoms with Gasteiger partial charge in [0.1, 0.15) is 11.2 Å². The van der Waals surface area contributed by atoms with Crippen molar-refractivity contribution in [1.82, 2.24) is 0 Å². The predicted molar refractivity (Wildman–Crippen MR) is 159 cm³/mol. The lowest BCUT2D eigenvalue weighted by Crippen LogP contribution is -2.49. The molecule has 6 aromatic rings. The standard InChI is InChI=1S/C34H30BO3/c1-33(2,36)34(3,4)38-35-29-19-18-27(24-16-14-23(15-17-24)22-10-6-5-7-11-22)31-28-20-25-12-8-9-13-26(25)21-30(28)37-32(29)31/h5-21,36H,1-4H3. The van der Waals surface area contributed by atoms with Crippen LogP contribution in [-0.4, -0.2) is 23.8 Å². The third-order valence-electron chi connectivity index (χ3n) is 7.77. The summed E-state index contributed by atoms with van der Waals surface area (Å²) in [4.78, 5) is 0. The molecule has 6 rings (SSSR count). The van der Waals surface area contributed by atoms with Gasteiger partial charge in [-0.1, -0.05) is 91.0 Å². The highest BCUT2D eigenvalue weighted by Crippen LogP contribution is 2.38. The van der Waals surface area contributed by atoms with Crippen molar-refractivity contribution in [3.63, 3.8) is 0 Å². The number of furan rings is 1. The van der Waals surface area contributed by atoms with Crippen molar-refractivity contribution < 1.29 is 14.2 Å². The first-order valence-corrected chi connectivity index (χ1v) is 13.0. The maximum atomic E-state index is 10.6. The molecule has 0 atom stereocenters. The highest BCUT2D eigenvalue weighted by molar-refractivity contribution is 6.52. The first-order chi connectivity index (χ1) is 18.2. The molecule has 0 amide bonds. The summed E-state index contributed by atoms with van der Waals surface area (Å²) < 4.78 is 12.7. The number of benzene rings is 5. The van der Waals surface area contributed by atoms with E-state index in [0.29, 0.717) is 0 Å². The van der Waals surface area contributed by atoms with Gasteiger partial charge >= 0.3 is 7.48 Å². The normalized spacial score (nSPS) is 12.4. The molecule has 1 aromatic heterocycles. The zero-order valence-electron chi connectivity index (χ0n) is 22.2. The van der Waals surface area contributed by atoms with Gasteiger partial charge < -0.3 is 14.2 Å². The molecular weight excluding hydrogens is 467 g/mol. The minimum Gasteiger partial charge on any atom is -0.457 e. The van der Waals surface area contributed by atoms with Gasteiger partial charge in [-0.15, -0.1) is 0 Å². The third kappa shape index (κ3) is 4.30. The van der Waals surface area contributed by atoms with E-state index in [1.807, 2.05) is 32.0 Å². The van der Waals surface area contributed by atoms with E-state index >= 15 is 0 Å². The van der Waals surface area contributed by atoms with Crippen LogP contribution in [0.3, 0.4) is 0 Å². The molecule has 0 aliphatic carbocycles. The van der Waals surface area contributed by atoms with Gasteiger partial charge in [-0.05, 0) is 78.3 Å². The average molecular weight is 497 g/mol. The Balaban J connectivity index is 1.51. The van der Waals surface area contributed by atoms with Crippen LogP contribution in [0.1, 0.15) is 27.7 Å². The fourth-order valence-corrected chi connectivity index (χ4v) is 4.75. The highest BCUT2D eigenvalue weighted by atomic mass is 16.5. The number of hydrogen-bond donors (Lipinski definition) is 1. The number of aliphatic hydroxyl groups is 1. The summed E-state index contributed by atoms with van der Waals surface area (Å²) in [6.45, 7) is 7.28. The van der Waals surface area contributed by atoms with E-state index in [1.54, 1.807) is 21.3 Å². The van der Waals surface area contributed by atoms with Gasteiger partial charge in [0.25, 0.3) is 0 Å². The Hall–Kier alpha value is -3.86. The van der Waals surface area contributed by atoms with Gasteiger partial charge in [0, 0.05) is 10.8 Å². The van der Waals surface area contributed by atoms with Crippen molar-refractivity contribution in [2.75, 3.05) is 0 Å². The van der Waals surface area contributed by atoms with Crippen LogP contribution in [0.2, 0.25) is 0 Å². The smallest absolute Gasteiger partial charge is 0.334 e. The SMILES string of the molecule is CC(C)(O)C(C)(C)O[B]c1ccc(-c2ccc(-c3ccccc3)cc2)c2c1oc1cc3ccccc3cc12. The Morgan fingerprint density at radius 2 is 1.29 bits per heavy atom. The second-order valence-corrected chi connectivity index (χ2v) is 11.0. The van der Waals surface area contributed by atoms with E-state index in [1.165, 1.54) is 16.5 Å². The van der Waals surface area contributed by atoms with Crippen molar-refractivity contribution in [3.8, 4) is 22.3 Å². The lowest BCUT2D eigenvalue weighted by Gasteiger charge is -2.37. The molecule has 0 fully saturated rings. The number of hydrogen-bond acceptors (Lipinski definition) is 3. The summed E-state index contributed by atoms with van der Waals surface area (Å²) in [5, 5.41) is 15.0. The van der Waals surface area contributed by atoms with Crippen LogP contribution in [0.5, 0.6) is 0 Å². The largest absolute Gasteiger partial charge is 0.457 e. The van der Waals surface area contributed by atoms with Crippen LogP contribution in [0.25, 0.3) is 55.0 Å². The molecule has 1 N–H and O–H groups in total. The van der Waals surface area contributed by atoms with Gasteiger partial charge in [0.15, 0.2) is 0 Å². The Bertz CT molecular complexity index is 1760. The van der Waals surface area contributed by atoms with Crippen LogP contribution < -0.4 is 5.46 Å². The summed E-state index contributed by atoms with van der Waals surface area (Å²) in [6, 6.07) is 35.9. The predicted octanol–water partition coefficient (Wildman–Crippen LogP) is 7.88. The topological polar surface area (TPSA) is 42.6 Å². The molecular formula is C34H30BO3. The van der Waals surface area contributed by atoms with Crippen LogP contribution in [0, 0.1) is 0 Å². The number of rotatable bonds is 6. The average Bonchev–Trinajstić information content (AvgIpc) is 3.29. The molecule has 38 heavy (non-hydrogen) atoms. The van der Waals surface area contributed by atoms with Crippen LogP contribution in [-0.2, 0) is 4.65 Å². The Morgan fingerprint density at radius 1 is 0.684 bits per heavy atom. The summed E-state index contributed by atoms with van der Waals surface area (Å²) >= 11 is 0. The fraction of sp³-hybridized carbons (Fsp3) is 0.176. The lowest BCUT2D eigenvalue weighted by molar-refractivity contribution is -0.0893. The molecule has 0 bridgehead atoms. The van der Waals surface area contributed by atoms with Gasteiger partial charge in [-0.25, -0.2) is 0 Å². The fourth-order valence-electron chi connectivity index (χ4n) is 4.75. The van der Waals surface area contributed by atoms with Crippen molar-refractivity contribution in [3.05, 3.63) is 103 Å². The summed E-state index contributed by atoms with van der Waals surface area (Å²) in [6.07, 6.45) is 0. The Labute approximate surface area is 224 Å². The molecule has 0 saturated heterocycles. The minimum atomic E-state index is -1.02. The molecule has 0 aliphatic rings. The van der Waals surface area contributed by atoms with Crippen LogP contribution in [0.4, 0.5) is 0 Å². The minimum absolute atomic E-state index is 0.770. The van der Waals surface area contributed by atoms with E-state index in [0.717, 1.165) is 43.9 Å². The van der Waals surface area contributed by atoms with Gasteiger partial charge in [-0.3, -0.25) is 0 Å². The first-order valence-electron chi connectivity index (χ1n) is 13.0. The van der Waals surface area contributed by atoms with Gasteiger partial charge in [-0.2, -0.15) is 0 Å². The molecule has 1 radical (unpaired) electrons. The van der Waals surface area contributed by atoms with E-state index in [4.69, 9.17) is 9.07 Å². The third-order valence-corrected chi connectivity index (χ3v) is 7.77. The van der Waals surface area contributed by atoms with E-state index in [-0.39, 0.29) is 0 Å². The van der Waals surface area contributed by atoms with Crippen molar-refractivity contribution in [1.29, 1.82) is 0 Å². The lowest BCUT2D eigenvalue weighted by atomic mass is 9.81. The molecule has 1 heterocycles. The summed E-state index contributed by atoms with van der Waals surface area (Å²) in [5.74, 6) is 0. The summed E-state index contributed by atoms with van der Waals surface area (Å²) in [7, 11) is 1.71. The number of fused-ring (bicyclic) bond motifs is 4. The monoisotopic (exact) mass is 497 g/mol.